The third kappa shape index (κ3) is 2.93. The average molecular weight is 273 g/mol. The molecule has 0 spiro atoms. The van der Waals surface area contributed by atoms with Crippen LogP contribution in [-0.4, -0.2) is 7.11 Å². The van der Waals surface area contributed by atoms with E-state index in [0.717, 1.165) is 28.1 Å². The largest absolute Gasteiger partial charge is 0.496 e. The van der Waals surface area contributed by atoms with E-state index < -0.39 is 0 Å². The van der Waals surface area contributed by atoms with Crippen LogP contribution < -0.4 is 10.1 Å². The van der Waals surface area contributed by atoms with Crippen molar-refractivity contribution in [1.82, 2.24) is 0 Å². The lowest BCUT2D eigenvalue weighted by Crippen LogP contribution is -2.03. The molecule has 2 aromatic rings. The highest BCUT2D eigenvalue weighted by Crippen LogP contribution is 2.29. The Morgan fingerprint density at radius 3 is 2.40 bits per heavy atom. The Balaban J connectivity index is 2.16. The van der Waals surface area contributed by atoms with Crippen molar-refractivity contribution in [2.24, 2.45) is 0 Å². The molecule has 3 heteroatoms. The van der Waals surface area contributed by atoms with Gasteiger partial charge in [-0.25, -0.2) is 4.39 Å². The van der Waals surface area contributed by atoms with Gasteiger partial charge < -0.3 is 10.1 Å². The van der Waals surface area contributed by atoms with Crippen molar-refractivity contribution < 1.29 is 9.13 Å². The maximum absolute atomic E-state index is 13.5. The van der Waals surface area contributed by atoms with Crippen molar-refractivity contribution in [1.29, 1.82) is 0 Å². The number of benzene rings is 2. The second-order valence-corrected chi connectivity index (χ2v) is 5.03. The molecule has 0 aliphatic rings. The van der Waals surface area contributed by atoms with Gasteiger partial charge in [-0.1, -0.05) is 18.2 Å². The molecule has 0 saturated carbocycles. The Morgan fingerprint density at radius 2 is 1.75 bits per heavy atom. The number of methoxy groups -OCH3 is 1. The molecule has 0 radical (unpaired) electrons. The van der Waals surface area contributed by atoms with Gasteiger partial charge in [-0.3, -0.25) is 0 Å². The van der Waals surface area contributed by atoms with Crippen molar-refractivity contribution in [2.45, 2.75) is 27.3 Å². The van der Waals surface area contributed by atoms with Crippen LogP contribution in [0, 0.1) is 26.6 Å². The SMILES string of the molecule is COc1c(C)ccc(NCc2ccc(C)c(F)c2)c1C. The lowest BCUT2D eigenvalue weighted by molar-refractivity contribution is 0.409. The van der Waals surface area contributed by atoms with Crippen molar-refractivity contribution in [3.05, 3.63) is 58.4 Å². The van der Waals surface area contributed by atoms with Gasteiger partial charge in [0.15, 0.2) is 0 Å². The standard InChI is InChI=1S/C17H20FNO/c1-11-5-7-14(9-15(11)18)10-19-16-8-6-12(2)17(20-4)13(16)3/h5-9,19H,10H2,1-4H3. The van der Waals surface area contributed by atoms with Crippen molar-refractivity contribution >= 4 is 5.69 Å². The minimum atomic E-state index is -0.164. The maximum atomic E-state index is 13.5. The summed E-state index contributed by atoms with van der Waals surface area (Å²) in [6.45, 7) is 6.39. The summed E-state index contributed by atoms with van der Waals surface area (Å²) in [7, 11) is 1.68. The number of ether oxygens (including phenoxy) is 1. The van der Waals surface area contributed by atoms with Crippen LogP contribution in [0.15, 0.2) is 30.3 Å². The van der Waals surface area contributed by atoms with Crippen LogP contribution in [0.3, 0.4) is 0 Å². The molecule has 0 unspecified atom stereocenters. The highest BCUT2D eigenvalue weighted by Gasteiger charge is 2.07. The van der Waals surface area contributed by atoms with Crippen molar-refractivity contribution in [3.63, 3.8) is 0 Å². The normalized spacial score (nSPS) is 10.4. The Bertz CT molecular complexity index is 623. The second kappa shape index (κ2) is 5.95. The highest BCUT2D eigenvalue weighted by molar-refractivity contribution is 5.59. The molecule has 20 heavy (non-hydrogen) atoms. The van der Waals surface area contributed by atoms with Gasteiger partial charge >= 0.3 is 0 Å². The van der Waals surface area contributed by atoms with Crippen LogP contribution >= 0.6 is 0 Å². The van der Waals surface area contributed by atoms with E-state index in [1.165, 1.54) is 0 Å². The zero-order valence-electron chi connectivity index (χ0n) is 12.4. The van der Waals surface area contributed by atoms with Gasteiger partial charge in [0.05, 0.1) is 7.11 Å². The summed E-state index contributed by atoms with van der Waals surface area (Å²) in [5.74, 6) is 0.729. The van der Waals surface area contributed by atoms with Gasteiger partial charge in [-0.05, 0) is 49.6 Å². The van der Waals surface area contributed by atoms with Gasteiger partial charge in [-0.15, -0.1) is 0 Å². The van der Waals surface area contributed by atoms with E-state index in [1.54, 1.807) is 26.2 Å². The van der Waals surface area contributed by atoms with Crippen LogP contribution in [0.2, 0.25) is 0 Å². The van der Waals surface area contributed by atoms with Crippen LogP contribution in [0.5, 0.6) is 5.75 Å². The first-order valence-electron chi connectivity index (χ1n) is 6.66. The molecule has 0 bridgehead atoms. The summed E-state index contributed by atoms with van der Waals surface area (Å²) in [6.07, 6.45) is 0. The van der Waals surface area contributed by atoms with Gasteiger partial charge in [-0.2, -0.15) is 0 Å². The summed E-state index contributed by atoms with van der Waals surface area (Å²) in [5.41, 5.74) is 4.78. The molecule has 106 valence electrons. The molecule has 2 aromatic carbocycles. The first-order chi connectivity index (χ1) is 9.52. The van der Waals surface area contributed by atoms with E-state index in [-0.39, 0.29) is 5.82 Å². The minimum absolute atomic E-state index is 0.164. The predicted molar refractivity (Wildman–Crippen MR) is 80.9 cm³/mol. The molecule has 0 amide bonds. The molecular weight excluding hydrogens is 253 g/mol. The van der Waals surface area contributed by atoms with Gasteiger partial charge in [0, 0.05) is 17.8 Å². The number of nitrogens with one attached hydrogen (secondary N) is 1. The molecule has 0 aliphatic heterocycles. The number of aryl methyl sites for hydroxylation is 2. The van der Waals surface area contributed by atoms with Gasteiger partial charge in [0.2, 0.25) is 0 Å². The summed E-state index contributed by atoms with van der Waals surface area (Å²) >= 11 is 0. The summed E-state index contributed by atoms with van der Waals surface area (Å²) in [4.78, 5) is 0. The topological polar surface area (TPSA) is 21.3 Å². The number of hydrogen-bond acceptors (Lipinski definition) is 2. The Kier molecular flexibility index (Phi) is 4.28. The molecule has 2 rings (SSSR count). The first-order valence-corrected chi connectivity index (χ1v) is 6.66. The molecule has 1 N–H and O–H groups in total. The summed E-state index contributed by atoms with van der Waals surface area (Å²) in [6, 6.07) is 9.35. The molecular formula is C17H20FNO. The molecule has 0 saturated heterocycles. The van der Waals surface area contributed by atoms with E-state index in [1.807, 2.05) is 32.0 Å². The molecule has 2 nitrogen and oxygen atoms in total. The van der Waals surface area contributed by atoms with Crippen LogP contribution in [-0.2, 0) is 6.54 Å². The zero-order chi connectivity index (χ0) is 14.7. The number of halogens is 1. The maximum Gasteiger partial charge on any atom is 0.126 e. The lowest BCUT2D eigenvalue weighted by Gasteiger charge is -2.15. The molecule has 0 fully saturated rings. The van der Waals surface area contributed by atoms with E-state index in [9.17, 15) is 4.39 Å². The third-order valence-electron chi connectivity index (χ3n) is 3.53. The van der Waals surface area contributed by atoms with E-state index >= 15 is 0 Å². The fraction of sp³-hybridized carbons (Fsp3) is 0.294. The van der Waals surface area contributed by atoms with Crippen LogP contribution in [0.4, 0.5) is 10.1 Å². The number of hydrogen-bond donors (Lipinski definition) is 1. The smallest absolute Gasteiger partial charge is 0.126 e. The van der Waals surface area contributed by atoms with E-state index in [2.05, 4.69) is 5.32 Å². The zero-order valence-corrected chi connectivity index (χ0v) is 12.4. The third-order valence-corrected chi connectivity index (χ3v) is 3.53. The molecule has 0 aromatic heterocycles. The summed E-state index contributed by atoms with van der Waals surface area (Å²) in [5, 5.41) is 3.33. The number of anilines is 1. The molecule has 0 aliphatic carbocycles. The van der Waals surface area contributed by atoms with E-state index in [4.69, 9.17) is 4.74 Å². The Labute approximate surface area is 119 Å². The minimum Gasteiger partial charge on any atom is -0.496 e. The van der Waals surface area contributed by atoms with Gasteiger partial charge in [0.25, 0.3) is 0 Å². The van der Waals surface area contributed by atoms with E-state index in [0.29, 0.717) is 12.1 Å². The number of rotatable bonds is 4. The summed E-state index contributed by atoms with van der Waals surface area (Å²) < 4.78 is 18.9. The monoisotopic (exact) mass is 273 g/mol. The molecule has 0 atom stereocenters. The second-order valence-electron chi connectivity index (χ2n) is 5.03. The first kappa shape index (κ1) is 14.4. The van der Waals surface area contributed by atoms with Crippen molar-refractivity contribution in [3.8, 4) is 5.75 Å². The molecule has 0 heterocycles. The van der Waals surface area contributed by atoms with Crippen LogP contribution in [0.1, 0.15) is 22.3 Å². The Hall–Kier alpha value is -2.03. The fourth-order valence-corrected chi connectivity index (χ4v) is 2.28. The quantitative estimate of drug-likeness (QED) is 0.893. The fourth-order valence-electron chi connectivity index (χ4n) is 2.28. The average Bonchev–Trinajstić information content (AvgIpc) is 2.42. The van der Waals surface area contributed by atoms with Crippen LogP contribution in [0.25, 0.3) is 0 Å². The highest BCUT2D eigenvalue weighted by atomic mass is 19.1. The van der Waals surface area contributed by atoms with Crippen molar-refractivity contribution in [2.75, 3.05) is 12.4 Å². The van der Waals surface area contributed by atoms with Gasteiger partial charge in [0.1, 0.15) is 11.6 Å². The predicted octanol–water partition coefficient (Wildman–Crippen LogP) is 4.37. The lowest BCUT2D eigenvalue weighted by atomic mass is 10.1. The Morgan fingerprint density at radius 1 is 1.05 bits per heavy atom.